The molecule has 0 fully saturated rings. The molecule has 3 N–H and O–H groups in total. The number of hydrogen-bond acceptors (Lipinski definition) is 5. The maximum absolute atomic E-state index is 13.9. The van der Waals surface area contributed by atoms with E-state index in [1.54, 1.807) is 0 Å². The molecule has 1 aliphatic rings. The molecule has 1 aromatic heterocycles. The van der Waals surface area contributed by atoms with Crippen molar-refractivity contribution >= 4 is 11.6 Å². The summed E-state index contributed by atoms with van der Waals surface area (Å²) in [4.78, 5) is 0. The second-order valence-electron chi connectivity index (χ2n) is 6.80. The van der Waals surface area contributed by atoms with Crippen LogP contribution in [0.5, 0.6) is 11.6 Å². The van der Waals surface area contributed by atoms with Crippen molar-refractivity contribution in [2.24, 2.45) is 5.73 Å². The van der Waals surface area contributed by atoms with Crippen LogP contribution in [0.2, 0.25) is 5.02 Å². The standard InChI is InChI=1S/C21H13ClF4N4O2/c22-14-2-1-3-15(23)13(14)9-31-11-6-4-10(5-7-11)16-12(8-27)19(28)32-20-17(16)18(29-30-20)21(24,25)26/h1-7,16H,9,28H2,(H,29,30). The zero-order valence-electron chi connectivity index (χ0n) is 16.0. The number of nitrogens with one attached hydrogen (secondary N) is 1. The Bertz CT molecular complexity index is 1230. The molecular weight excluding hydrogens is 452 g/mol. The molecule has 0 amide bonds. The summed E-state index contributed by atoms with van der Waals surface area (Å²) in [6, 6.07) is 12.0. The van der Waals surface area contributed by atoms with Crippen molar-refractivity contribution < 1.29 is 27.0 Å². The molecule has 164 valence electrons. The second kappa shape index (κ2) is 8.09. The Labute approximate surface area is 183 Å². The summed E-state index contributed by atoms with van der Waals surface area (Å²) < 4.78 is 65.1. The first kappa shape index (κ1) is 21.5. The van der Waals surface area contributed by atoms with E-state index in [1.165, 1.54) is 42.5 Å². The van der Waals surface area contributed by atoms with Crippen LogP contribution in [0.4, 0.5) is 17.6 Å². The number of halogens is 5. The molecule has 4 rings (SSSR count). The van der Waals surface area contributed by atoms with Crippen LogP contribution in [0.3, 0.4) is 0 Å². The van der Waals surface area contributed by atoms with Crippen molar-refractivity contribution in [3.63, 3.8) is 0 Å². The molecule has 1 aliphatic heterocycles. The summed E-state index contributed by atoms with van der Waals surface area (Å²) in [6.45, 7) is -0.150. The van der Waals surface area contributed by atoms with E-state index in [4.69, 9.17) is 26.8 Å². The number of nitriles is 1. The summed E-state index contributed by atoms with van der Waals surface area (Å²) in [5.74, 6) is -2.05. The van der Waals surface area contributed by atoms with Crippen LogP contribution in [0.1, 0.15) is 28.3 Å². The Morgan fingerprint density at radius 3 is 2.56 bits per heavy atom. The maximum atomic E-state index is 13.9. The Kier molecular flexibility index (Phi) is 5.44. The number of nitrogens with zero attached hydrogens (tertiary/aromatic N) is 2. The average molecular weight is 465 g/mol. The van der Waals surface area contributed by atoms with Gasteiger partial charge in [0.1, 0.15) is 35.5 Å². The average Bonchev–Trinajstić information content (AvgIpc) is 3.17. The third kappa shape index (κ3) is 3.83. The monoisotopic (exact) mass is 464 g/mol. The first-order valence-electron chi connectivity index (χ1n) is 9.09. The van der Waals surface area contributed by atoms with Gasteiger partial charge in [-0.25, -0.2) is 4.39 Å². The lowest BCUT2D eigenvalue weighted by Gasteiger charge is -2.24. The van der Waals surface area contributed by atoms with E-state index in [0.29, 0.717) is 11.3 Å². The minimum absolute atomic E-state index is 0.150. The van der Waals surface area contributed by atoms with Crippen LogP contribution in [-0.4, -0.2) is 10.2 Å². The number of rotatable bonds is 4. The zero-order chi connectivity index (χ0) is 23.0. The van der Waals surface area contributed by atoms with Gasteiger partial charge >= 0.3 is 6.18 Å². The summed E-state index contributed by atoms with van der Waals surface area (Å²) in [5, 5.41) is 15.2. The van der Waals surface area contributed by atoms with Crippen molar-refractivity contribution in [2.45, 2.75) is 18.7 Å². The van der Waals surface area contributed by atoms with Crippen molar-refractivity contribution in [1.29, 1.82) is 5.26 Å². The van der Waals surface area contributed by atoms with Crippen LogP contribution in [-0.2, 0) is 12.8 Å². The minimum Gasteiger partial charge on any atom is -0.489 e. The van der Waals surface area contributed by atoms with E-state index in [-0.39, 0.29) is 40.1 Å². The fraction of sp³-hybridized carbons (Fsp3) is 0.143. The molecule has 0 aliphatic carbocycles. The van der Waals surface area contributed by atoms with Crippen molar-refractivity contribution in [3.05, 3.63) is 87.1 Å². The lowest BCUT2D eigenvalue weighted by atomic mass is 9.84. The Hall–Kier alpha value is -3.71. The highest BCUT2D eigenvalue weighted by Gasteiger charge is 2.44. The number of benzene rings is 2. The molecule has 0 saturated heterocycles. The molecule has 2 aromatic carbocycles. The van der Waals surface area contributed by atoms with E-state index in [1.807, 2.05) is 11.2 Å². The van der Waals surface area contributed by atoms with Gasteiger partial charge in [0.2, 0.25) is 11.8 Å². The Balaban J connectivity index is 1.66. The molecule has 3 aromatic rings. The minimum atomic E-state index is -4.75. The number of aromatic amines is 1. The number of alkyl halides is 3. The quantitative estimate of drug-likeness (QED) is 0.528. The molecule has 0 saturated carbocycles. The summed E-state index contributed by atoms with van der Waals surface area (Å²) in [6.07, 6.45) is -4.75. The van der Waals surface area contributed by atoms with Gasteiger partial charge in [-0.05, 0) is 29.8 Å². The lowest BCUT2D eigenvalue weighted by molar-refractivity contribution is -0.141. The predicted molar refractivity (Wildman–Crippen MR) is 105 cm³/mol. The highest BCUT2D eigenvalue weighted by atomic mass is 35.5. The highest BCUT2D eigenvalue weighted by Crippen LogP contribution is 2.47. The number of allylic oxidation sites excluding steroid dienone is 1. The van der Waals surface area contributed by atoms with Gasteiger partial charge < -0.3 is 15.2 Å². The number of hydrogen-bond donors (Lipinski definition) is 2. The summed E-state index contributed by atoms with van der Waals surface area (Å²) in [5.41, 5.74) is 4.59. The van der Waals surface area contributed by atoms with Crippen LogP contribution in [0.15, 0.2) is 53.9 Å². The number of ether oxygens (including phenoxy) is 2. The van der Waals surface area contributed by atoms with Crippen molar-refractivity contribution in [3.8, 4) is 17.7 Å². The fourth-order valence-electron chi connectivity index (χ4n) is 3.38. The maximum Gasteiger partial charge on any atom is 0.433 e. The van der Waals surface area contributed by atoms with Gasteiger partial charge in [-0.2, -0.15) is 18.4 Å². The van der Waals surface area contributed by atoms with E-state index in [9.17, 15) is 22.8 Å². The zero-order valence-corrected chi connectivity index (χ0v) is 16.8. The number of fused-ring (bicyclic) bond motifs is 1. The molecule has 32 heavy (non-hydrogen) atoms. The fourth-order valence-corrected chi connectivity index (χ4v) is 3.59. The van der Waals surface area contributed by atoms with E-state index < -0.39 is 23.6 Å². The normalized spacial score (nSPS) is 15.7. The van der Waals surface area contributed by atoms with E-state index >= 15 is 0 Å². The van der Waals surface area contributed by atoms with Crippen LogP contribution in [0, 0.1) is 17.1 Å². The van der Waals surface area contributed by atoms with Gasteiger partial charge in [0.25, 0.3) is 0 Å². The molecule has 0 bridgehead atoms. The van der Waals surface area contributed by atoms with Gasteiger partial charge in [-0.3, -0.25) is 5.10 Å². The van der Waals surface area contributed by atoms with Gasteiger partial charge in [-0.1, -0.05) is 29.8 Å². The first-order chi connectivity index (χ1) is 15.2. The summed E-state index contributed by atoms with van der Waals surface area (Å²) >= 11 is 5.98. The molecule has 6 nitrogen and oxygen atoms in total. The molecule has 0 radical (unpaired) electrons. The summed E-state index contributed by atoms with van der Waals surface area (Å²) in [7, 11) is 0. The lowest BCUT2D eigenvalue weighted by Crippen LogP contribution is -2.22. The van der Waals surface area contributed by atoms with Crippen LogP contribution >= 0.6 is 11.6 Å². The topological polar surface area (TPSA) is 97.0 Å². The molecule has 1 unspecified atom stereocenters. The predicted octanol–water partition coefficient (Wildman–Crippen LogP) is 5.02. The van der Waals surface area contributed by atoms with Crippen molar-refractivity contribution in [2.75, 3.05) is 0 Å². The number of aromatic nitrogens is 2. The molecule has 2 heterocycles. The highest BCUT2D eigenvalue weighted by molar-refractivity contribution is 6.31. The molecule has 1 atom stereocenters. The number of H-pyrrole nitrogens is 1. The van der Waals surface area contributed by atoms with Crippen LogP contribution < -0.4 is 15.2 Å². The van der Waals surface area contributed by atoms with Gasteiger partial charge in [0.05, 0.1) is 16.5 Å². The number of nitrogens with two attached hydrogens (primary N) is 1. The van der Waals surface area contributed by atoms with E-state index in [0.717, 1.165) is 0 Å². The molecule has 0 spiro atoms. The largest absolute Gasteiger partial charge is 0.489 e. The third-order valence-electron chi connectivity index (χ3n) is 4.88. The smallest absolute Gasteiger partial charge is 0.433 e. The second-order valence-corrected chi connectivity index (χ2v) is 7.21. The van der Waals surface area contributed by atoms with Gasteiger partial charge in [0.15, 0.2) is 0 Å². The van der Waals surface area contributed by atoms with Gasteiger partial charge in [0, 0.05) is 5.56 Å². The third-order valence-corrected chi connectivity index (χ3v) is 5.23. The SMILES string of the molecule is N#CC1=C(N)Oc2n[nH]c(C(F)(F)F)c2C1c1ccc(OCc2c(F)cccc2Cl)cc1. The van der Waals surface area contributed by atoms with Crippen LogP contribution in [0.25, 0.3) is 0 Å². The molecular formula is C21H13ClF4N4O2. The Morgan fingerprint density at radius 2 is 1.94 bits per heavy atom. The molecule has 11 heteroatoms. The Morgan fingerprint density at radius 1 is 1.22 bits per heavy atom. The first-order valence-corrected chi connectivity index (χ1v) is 9.47. The van der Waals surface area contributed by atoms with E-state index in [2.05, 4.69) is 5.10 Å². The van der Waals surface area contributed by atoms with Crippen molar-refractivity contribution in [1.82, 2.24) is 10.2 Å². The van der Waals surface area contributed by atoms with Gasteiger partial charge in [-0.15, -0.1) is 5.10 Å².